The van der Waals surface area contributed by atoms with Gasteiger partial charge in [0.15, 0.2) is 0 Å². The first kappa shape index (κ1) is 24.3. The van der Waals surface area contributed by atoms with Gasteiger partial charge in [-0.25, -0.2) is 14.0 Å². The van der Waals surface area contributed by atoms with E-state index in [0.717, 1.165) is 16.3 Å². The van der Waals surface area contributed by atoms with Crippen LogP contribution in [0.25, 0.3) is 10.8 Å². The molecule has 0 spiro atoms. The quantitative estimate of drug-likeness (QED) is 0.424. The van der Waals surface area contributed by atoms with Crippen LogP contribution in [0.2, 0.25) is 0 Å². The molecule has 4 rings (SSSR count). The maximum Gasteiger partial charge on any atom is 0.338 e. The maximum atomic E-state index is 13.3. The highest BCUT2D eigenvalue weighted by atomic mass is 19.1. The number of rotatable bonds is 7. The Morgan fingerprint density at radius 3 is 2.40 bits per heavy atom. The normalized spacial score (nSPS) is 15.9. The van der Waals surface area contributed by atoms with Crippen molar-refractivity contribution in [2.75, 3.05) is 0 Å². The van der Waals surface area contributed by atoms with Crippen molar-refractivity contribution in [1.29, 1.82) is 0 Å². The van der Waals surface area contributed by atoms with Gasteiger partial charge in [0.05, 0.1) is 17.7 Å². The van der Waals surface area contributed by atoms with Crippen molar-refractivity contribution in [2.45, 2.75) is 46.4 Å². The van der Waals surface area contributed by atoms with Gasteiger partial charge in [-0.15, -0.1) is 0 Å². The van der Waals surface area contributed by atoms with Gasteiger partial charge in [-0.2, -0.15) is 0 Å². The van der Waals surface area contributed by atoms with Gasteiger partial charge in [0.1, 0.15) is 18.2 Å². The van der Waals surface area contributed by atoms with Crippen LogP contribution < -0.4 is 15.4 Å². The highest BCUT2D eigenvalue weighted by molar-refractivity contribution is 5.98. The first-order valence-corrected chi connectivity index (χ1v) is 11.7. The first-order chi connectivity index (χ1) is 16.7. The Bertz CT molecular complexity index is 1280. The third kappa shape index (κ3) is 5.29. The number of amides is 2. The third-order valence-corrected chi connectivity index (χ3v) is 5.77. The molecule has 1 unspecified atom stereocenters. The van der Waals surface area contributed by atoms with Crippen molar-refractivity contribution in [2.24, 2.45) is 5.92 Å². The molecule has 182 valence electrons. The minimum Gasteiger partial charge on any atom is -0.489 e. The van der Waals surface area contributed by atoms with Crippen LogP contribution in [0.5, 0.6) is 5.75 Å². The molecule has 7 heteroatoms. The number of hydrogen-bond donors (Lipinski definition) is 2. The average molecular weight is 477 g/mol. The zero-order valence-corrected chi connectivity index (χ0v) is 20.2. The number of hydrogen-bond acceptors (Lipinski definition) is 4. The summed E-state index contributed by atoms with van der Waals surface area (Å²) in [4.78, 5) is 26.1. The number of halogens is 1. The second-order valence-corrected chi connectivity index (χ2v) is 9.08. The third-order valence-electron chi connectivity index (χ3n) is 5.77. The van der Waals surface area contributed by atoms with E-state index in [0.29, 0.717) is 22.6 Å². The molecule has 1 aliphatic heterocycles. The predicted molar refractivity (Wildman–Crippen MR) is 132 cm³/mol. The molecule has 0 radical (unpaired) electrons. The van der Waals surface area contributed by atoms with E-state index >= 15 is 0 Å². The zero-order valence-electron chi connectivity index (χ0n) is 20.2. The van der Waals surface area contributed by atoms with Crippen LogP contribution in [-0.4, -0.2) is 18.1 Å². The smallest absolute Gasteiger partial charge is 0.338 e. The Morgan fingerprint density at radius 2 is 1.71 bits per heavy atom. The van der Waals surface area contributed by atoms with Crippen LogP contribution in [0, 0.1) is 11.7 Å². The molecule has 3 aromatic carbocycles. The van der Waals surface area contributed by atoms with Crippen LogP contribution in [0.15, 0.2) is 71.9 Å². The number of esters is 1. The molecule has 1 heterocycles. The fourth-order valence-corrected chi connectivity index (χ4v) is 4.20. The van der Waals surface area contributed by atoms with E-state index in [-0.39, 0.29) is 24.4 Å². The van der Waals surface area contributed by atoms with Gasteiger partial charge in [0.25, 0.3) is 0 Å². The predicted octanol–water partition coefficient (Wildman–Crippen LogP) is 5.77. The SMILES string of the molecule is CC(C)OC(=O)C1=C(C(C)C)NC(=O)NC1c1c(OCc2ccc(F)cc2)ccc2ccccc12. The van der Waals surface area contributed by atoms with Crippen LogP contribution in [-0.2, 0) is 16.1 Å². The Morgan fingerprint density at radius 1 is 1.00 bits per heavy atom. The fourth-order valence-electron chi connectivity index (χ4n) is 4.20. The van der Waals surface area contributed by atoms with Crippen molar-refractivity contribution < 1.29 is 23.5 Å². The summed E-state index contributed by atoms with van der Waals surface area (Å²) in [6.07, 6.45) is -0.330. The molecular formula is C28H29FN2O4. The fraction of sp³-hybridized carbons (Fsp3) is 0.286. The van der Waals surface area contributed by atoms with Crippen LogP contribution >= 0.6 is 0 Å². The van der Waals surface area contributed by atoms with Crippen LogP contribution in [0.1, 0.15) is 44.9 Å². The summed E-state index contributed by atoms with van der Waals surface area (Å²) in [6, 6.07) is 16.4. The van der Waals surface area contributed by atoms with Gasteiger partial charge >= 0.3 is 12.0 Å². The van der Waals surface area contributed by atoms with E-state index in [4.69, 9.17) is 9.47 Å². The van der Waals surface area contributed by atoms with Crippen molar-refractivity contribution in [3.8, 4) is 5.75 Å². The topological polar surface area (TPSA) is 76.7 Å². The number of allylic oxidation sites excluding steroid dienone is 1. The molecule has 0 bridgehead atoms. The lowest BCUT2D eigenvalue weighted by molar-refractivity contribution is -0.143. The van der Waals surface area contributed by atoms with Gasteiger partial charge < -0.3 is 20.1 Å². The summed E-state index contributed by atoms with van der Waals surface area (Å²) in [5.74, 6) is -0.439. The molecule has 3 aromatic rings. The summed E-state index contributed by atoms with van der Waals surface area (Å²) in [5.41, 5.74) is 2.31. The lowest BCUT2D eigenvalue weighted by atomic mass is 9.88. The van der Waals surface area contributed by atoms with E-state index in [1.807, 2.05) is 50.2 Å². The lowest BCUT2D eigenvalue weighted by Crippen LogP contribution is -2.47. The van der Waals surface area contributed by atoms with Gasteiger partial charge in [-0.3, -0.25) is 0 Å². The second kappa shape index (κ2) is 10.2. The van der Waals surface area contributed by atoms with Gasteiger partial charge in [-0.05, 0) is 54.3 Å². The number of carbonyl (C=O) groups is 2. The standard InChI is InChI=1S/C28H29FN2O4/c1-16(2)25-24(27(32)35-17(3)4)26(31-28(33)30-25)23-21-8-6-5-7-19(21)11-14-22(23)34-15-18-9-12-20(29)13-10-18/h5-14,16-17,26H,15H2,1-4H3,(H2,30,31,33). The first-order valence-electron chi connectivity index (χ1n) is 11.7. The molecule has 0 saturated carbocycles. The highest BCUT2D eigenvalue weighted by Gasteiger charge is 2.37. The summed E-state index contributed by atoms with van der Waals surface area (Å²) in [5, 5.41) is 7.50. The Labute approximate surface area is 204 Å². The van der Waals surface area contributed by atoms with E-state index in [9.17, 15) is 14.0 Å². The molecule has 35 heavy (non-hydrogen) atoms. The van der Waals surface area contributed by atoms with Crippen molar-refractivity contribution in [3.63, 3.8) is 0 Å². The molecule has 2 N–H and O–H groups in total. The summed E-state index contributed by atoms with van der Waals surface area (Å²) < 4.78 is 25.1. The number of urea groups is 1. The monoisotopic (exact) mass is 476 g/mol. The largest absolute Gasteiger partial charge is 0.489 e. The van der Waals surface area contributed by atoms with E-state index in [1.54, 1.807) is 26.0 Å². The molecule has 0 fully saturated rings. The molecule has 0 saturated heterocycles. The molecule has 0 aliphatic carbocycles. The van der Waals surface area contributed by atoms with Crippen LogP contribution in [0.4, 0.5) is 9.18 Å². The average Bonchev–Trinajstić information content (AvgIpc) is 2.82. The van der Waals surface area contributed by atoms with Gasteiger partial charge in [0, 0.05) is 11.3 Å². The Kier molecular flexibility index (Phi) is 7.05. The number of ether oxygens (including phenoxy) is 2. The number of carbonyl (C=O) groups excluding carboxylic acids is 2. The van der Waals surface area contributed by atoms with E-state index in [1.165, 1.54) is 12.1 Å². The minimum atomic E-state index is -0.790. The van der Waals surface area contributed by atoms with Crippen molar-refractivity contribution in [3.05, 3.63) is 88.9 Å². The van der Waals surface area contributed by atoms with Gasteiger partial charge in [0.2, 0.25) is 0 Å². The lowest BCUT2D eigenvalue weighted by Gasteiger charge is -2.32. The van der Waals surface area contributed by atoms with Gasteiger partial charge in [-0.1, -0.05) is 56.3 Å². The maximum absolute atomic E-state index is 13.3. The minimum absolute atomic E-state index is 0.128. The zero-order chi connectivity index (χ0) is 25.1. The van der Waals surface area contributed by atoms with E-state index < -0.39 is 18.0 Å². The molecule has 2 amide bonds. The Hall–Kier alpha value is -3.87. The number of benzene rings is 3. The second-order valence-electron chi connectivity index (χ2n) is 9.08. The molecular weight excluding hydrogens is 447 g/mol. The van der Waals surface area contributed by atoms with Crippen molar-refractivity contribution >= 4 is 22.8 Å². The summed E-state index contributed by atoms with van der Waals surface area (Å²) >= 11 is 0. The molecule has 1 atom stereocenters. The van der Waals surface area contributed by atoms with E-state index in [2.05, 4.69) is 10.6 Å². The summed E-state index contributed by atoms with van der Waals surface area (Å²) in [6.45, 7) is 7.58. The molecule has 0 aromatic heterocycles. The van der Waals surface area contributed by atoms with Crippen LogP contribution in [0.3, 0.4) is 0 Å². The molecule has 1 aliphatic rings. The number of fused-ring (bicyclic) bond motifs is 1. The summed E-state index contributed by atoms with van der Waals surface area (Å²) in [7, 11) is 0. The Balaban J connectivity index is 1.86. The van der Waals surface area contributed by atoms with Crippen molar-refractivity contribution in [1.82, 2.24) is 10.6 Å². The highest BCUT2D eigenvalue weighted by Crippen LogP contribution is 2.40. The number of nitrogens with one attached hydrogen (secondary N) is 2. The molecule has 6 nitrogen and oxygen atoms in total.